The minimum absolute atomic E-state index is 0.161. The average molecular weight is 287 g/mol. The van der Waals surface area contributed by atoms with Gasteiger partial charge in [-0.3, -0.25) is 0 Å². The summed E-state index contributed by atoms with van der Waals surface area (Å²) in [5.74, 6) is -0.161. The predicted octanol–water partition coefficient (Wildman–Crippen LogP) is 4.06. The highest BCUT2D eigenvalue weighted by atomic mass is 79.9. The van der Waals surface area contributed by atoms with Crippen molar-refractivity contribution in [3.63, 3.8) is 0 Å². The van der Waals surface area contributed by atoms with Crippen LogP contribution < -0.4 is 0 Å². The van der Waals surface area contributed by atoms with E-state index in [1.807, 2.05) is 13.8 Å². The zero-order chi connectivity index (χ0) is 11.7. The molecule has 2 unspecified atom stereocenters. The molecule has 1 aromatic rings. The van der Waals surface area contributed by atoms with Crippen LogP contribution in [0.15, 0.2) is 12.1 Å². The Hall–Kier alpha value is -0.410. The van der Waals surface area contributed by atoms with E-state index < -0.39 is 0 Å². The van der Waals surface area contributed by atoms with Crippen LogP contribution in [0.3, 0.4) is 0 Å². The van der Waals surface area contributed by atoms with E-state index >= 15 is 0 Å². The number of hydrogen-bond donors (Lipinski definition) is 0. The van der Waals surface area contributed by atoms with E-state index in [9.17, 15) is 4.39 Å². The van der Waals surface area contributed by atoms with Crippen molar-refractivity contribution in [3.8, 4) is 0 Å². The molecule has 1 saturated heterocycles. The van der Waals surface area contributed by atoms with Crippen LogP contribution in [0, 0.1) is 19.7 Å². The van der Waals surface area contributed by atoms with Gasteiger partial charge < -0.3 is 4.74 Å². The standard InChI is InChI=1S/C13H16BrFO/c1-8-6-10(15)7-9(2)12(8)13(14)11-4-3-5-16-11/h6-7,11,13H,3-5H2,1-2H3. The molecule has 1 aliphatic heterocycles. The number of aryl methyl sites for hydroxylation is 2. The largest absolute Gasteiger partial charge is 0.377 e. The first-order chi connectivity index (χ1) is 7.59. The van der Waals surface area contributed by atoms with Crippen LogP contribution in [-0.2, 0) is 4.74 Å². The first-order valence-electron chi connectivity index (χ1n) is 5.62. The van der Waals surface area contributed by atoms with Gasteiger partial charge in [0, 0.05) is 6.61 Å². The zero-order valence-electron chi connectivity index (χ0n) is 9.59. The van der Waals surface area contributed by atoms with Crippen LogP contribution in [0.2, 0.25) is 0 Å². The molecule has 0 saturated carbocycles. The molecule has 1 aliphatic rings. The van der Waals surface area contributed by atoms with E-state index in [4.69, 9.17) is 4.74 Å². The molecule has 0 aromatic heterocycles. The first-order valence-corrected chi connectivity index (χ1v) is 6.53. The molecular weight excluding hydrogens is 271 g/mol. The Morgan fingerprint density at radius 3 is 2.50 bits per heavy atom. The molecular formula is C13H16BrFO. The Balaban J connectivity index is 2.31. The van der Waals surface area contributed by atoms with Gasteiger partial charge in [-0.15, -0.1) is 0 Å². The Morgan fingerprint density at radius 1 is 1.38 bits per heavy atom. The predicted molar refractivity (Wildman–Crippen MR) is 66.5 cm³/mol. The summed E-state index contributed by atoms with van der Waals surface area (Å²) in [6.07, 6.45) is 2.42. The third-order valence-corrected chi connectivity index (χ3v) is 4.17. The van der Waals surface area contributed by atoms with Gasteiger partial charge in [0.15, 0.2) is 0 Å². The van der Waals surface area contributed by atoms with E-state index in [1.165, 1.54) is 5.56 Å². The van der Waals surface area contributed by atoms with Gasteiger partial charge in [-0.25, -0.2) is 4.39 Å². The topological polar surface area (TPSA) is 9.23 Å². The molecule has 0 radical (unpaired) electrons. The second kappa shape index (κ2) is 4.84. The number of alkyl halides is 1. The molecule has 0 bridgehead atoms. The Bertz CT molecular complexity index is 363. The number of ether oxygens (including phenoxy) is 1. The Morgan fingerprint density at radius 2 is 2.00 bits per heavy atom. The highest BCUT2D eigenvalue weighted by Gasteiger charge is 2.27. The minimum Gasteiger partial charge on any atom is -0.377 e. The van der Waals surface area contributed by atoms with Crippen LogP contribution in [0.5, 0.6) is 0 Å². The smallest absolute Gasteiger partial charge is 0.123 e. The number of rotatable bonds is 2. The molecule has 0 spiro atoms. The Kier molecular flexibility index (Phi) is 3.65. The number of benzene rings is 1. The summed E-state index contributed by atoms with van der Waals surface area (Å²) in [4.78, 5) is 0.176. The van der Waals surface area contributed by atoms with Crippen LogP contribution in [0.25, 0.3) is 0 Å². The van der Waals surface area contributed by atoms with Crippen LogP contribution in [-0.4, -0.2) is 12.7 Å². The lowest BCUT2D eigenvalue weighted by atomic mass is 9.96. The molecule has 0 aliphatic carbocycles. The lowest BCUT2D eigenvalue weighted by Crippen LogP contribution is -2.14. The quantitative estimate of drug-likeness (QED) is 0.745. The van der Waals surface area contributed by atoms with E-state index in [2.05, 4.69) is 15.9 Å². The summed E-state index contributed by atoms with van der Waals surface area (Å²) >= 11 is 3.69. The molecule has 3 heteroatoms. The molecule has 1 aromatic carbocycles. The van der Waals surface area contributed by atoms with Crippen molar-refractivity contribution in [3.05, 3.63) is 34.6 Å². The fourth-order valence-corrected chi connectivity index (χ4v) is 3.52. The number of hydrogen-bond acceptors (Lipinski definition) is 1. The third-order valence-electron chi connectivity index (χ3n) is 3.13. The van der Waals surface area contributed by atoms with E-state index in [1.54, 1.807) is 12.1 Å². The molecule has 1 nitrogen and oxygen atoms in total. The van der Waals surface area contributed by atoms with Crippen molar-refractivity contribution in [1.82, 2.24) is 0 Å². The van der Waals surface area contributed by atoms with E-state index in [0.29, 0.717) is 0 Å². The van der Waals surface area contributed by atoms with Crippen molar-refractivity contribution >= 4 is 15.9 Å². The highest BCUT2D eigenvalue weighted by Crippen LogP contribution is 2.37. The van der Waals surface area contributed by atoms with E-state index in [0.717, 1.165) is 30.6 Å². The molecule has 88 valence electrons. The number of halogens is 2. The van der Waals surface area contributed by atoms with Gasteiger partial charge in [0.05, 0.1) is 10.9 Å². The maximum Gasteiger partial charge on any atom is 0.123 e. The average Bonchev–Trinajstić information content (AvgIpc) is 2.67. The van der Waals surface area contributed by atoms with Crippen molar-refractivity contribution < 1.29 is 9.13 Å². The summed E-state index contributed by atoms with van der Waals surface area (Å²) in [5.41, 5.74) is 3.16. The normalized spacial score (nSPS) is 22.4. The van der Waals surface area contributed by atoms with Gasteiger partial charge >= 0.3 is 0 Å². The fourth-order valence-electron chi connectivity index (χ4n) is 2.38. The SMILES string of the molecule is Cc1cc(F)cc(C)c1C(Br)C1CCCO1. The molecule has 2 rings (SSSR count). The lowest BCUT2D eigenvalue weighted by Gasteiger charge is -2.21. The maximum absolute atomic E-state index is 13.2. The van der Waals surface area contributed by atoms with Crippen LogP contribution >= 0.6 is 15.9 Å². The van der Waals surface area contributed by atoms with Crippen molar-refractivity contribution in [2.75, 3.05) is 6.61 Å². The van der Waals surface area contributed by atoms with Crippen LogP contribution in [0.4, 0.5) is 4.39 Å². The molecule has 0 amide bonds. The van der Waals surface area contributed by atoms with Crippen molar-refractivity contribution in [2.45, 2.75) is 37.6 Å². The molecule has 2 atom stereocenters. The third kappa shape index (κ3) is 2.30. The van der Waals surface area contributed by atoms with Gasteiger partial charge in [-0.05, 0) is 55.5 Å². The molecule has 0 N–H and O–H groups in total. The summed E-state index contributed by atoms with van der Waals surface area (Å²) < 4.78 is 18.9. The van der Waals surface area contributed by atoms with E-state index in [-0.39, 0.29) is 16.7 Å². The maximum atomic E-state index is 13.2. The van der Waals surface area contributed by atoms with Gasteiger partial charge in [0.1, 0.15) is 5.82 Å². The summed E-state index contributed by atoms with van der Waals surface area (Å²) in [6.45, 7) is 4.75. The van der Waals surface area contributed by atoms with Crippen molar-refractivity contribution in [2.24, 2.45) is 0 Å². The van der Waals surface area contributed by atoms with Crippen molar-refractivity contribution in [1.29, 1.82) is 0 Å². The summed E-state index contributed by atoms with van der Waals surface area (Å²) in [6, 6.07) is 3.18. The van der Waals surface area contributed by atoms with Gasteiger partial charge in [-0.1, -0.05) is 15.9 Å². The van der Waals surface area contributed by atoms with Crippen LogP contribution in [0.1, 0.15) is 34.4 Å². The monoisotopic (exact) mass is 286 g/mol. The zero-order valence-corrected chi connectivity index (χ0v) is 11.2. The second-order valence-corrected chi connectivity index (χ2v) is 5.39. The fraction of sp³-hybridized carbons (Fsp3) is 0.538. The molecule has 1 fully saturated rings. The lowest BCUT2D eigenvalue weighted by molar-refractivity contribution is 0.110. The second-order valence-electron chi connectivity index (χ2n) is 4.41. The van der Waals surface area contributed by atoms with Gasteiger partial charge in [0.2, 0.25) is 0 Å². The molecule has 1 heterocycles. The summed E-state index contributed by atoms with van der Waals surface area (Å²) in [7, 11) is 0. The highest BCUT2D eigenvalue weighted by molar-refractivity contribution is 9.09. The van der Waals surface area contributed by atoms with Gasteiger partial charge in [0.25, 0.3) is 0 Å². The Labute approximate surface area is 104 Å². The minimum atomic E-state index is -0.161. The first kappa shape index (κ1) is 12.1. The van der Waals surface area contributed by atoms with Gasteiger partial charge in [-0.2, -0.15) is 0 Å². The summed E-state index contributed by atoms with van der Waals surface area (Å²) in [5, 5.41) is 0. The molecule has 16 heavy (non-hydrogen) atoms.